The molecule has 4 nitrogen and oxygen atoms in total. The van der Waals surface area contributed by atoms with E-state index in [2.05, 4.69) is 31.4 Å². The third kappa shape index (κ3) is 2.74. The molecular weight excluding hydrogens is 293 g/mol. The number of halogens is 2. The van der Waals surface area contributed by atoms with Crippen LogP contribution in [0.4, 0.5) is 5.69 Å². The number of aryl methyl sites for hydroxylation is 1. The fourth-order valence-corrected chi connectivity index (χ4v) is 1.77. The molecule has 1 N–H and O–H groups in total. The maximum Gasteiger partial charge on any atom is 0.235 e. The molecule has 0 aliphatic carbocycles. The summed E-state index contributed by atoms with van der Waals surface area (Å²) in [6.45, 7) is 2.23. The summed E-state index contributed by atoms with van der Waals surface area (Å²) in [7, 11) is 0. The molecule has 0 spiro atoms. The lowest BCUT2D eigenvalue weighted by atomic mass is 10.3. The monoisotopic (exact) mass is 301 g/mol. The van der Waals surface area contributed by atoms with Crippen LogP contribution in [-0.2, 0) is 6.54 Å². The fourth-order valence-electron chi connectivity index (χ4n) is 1.21. The Balaban J connectivity index is 2.07. The van der Waals surface area contributed by atoms with Crippen LogP contribution in [0.2, 0.25) is 5.02 Å². The van der Waals surface area contributed by atoms with Crippen LogP contribution in [0, 0.1) is 6.92 Å². The first-order valence-corrected chi connectivity index (χ1v) is 5.80. The summed E-state index contributed by atoms with van der Waals surface area (Å²) < 4.78 is 6.18. The van der Waals surface area contributed by atoms with Crippen molar-refractivity contribution in [1.29, 1.82) is 0 Å². The van der Waals surface area contributed by atoms with E-state index in [0.717, 1.165) is 10.2 Å². The highest BCUT2D eigenvalue weighted by Crippen LogP contribution is 2.26. The van der Waals surface area contributed by atoms with Crippen molar-refractivity contribution in [3.05, 3.63) is 39.5 Å². The van der Waals surface area contributed by atoms with Gasteiger partial charge in [-0.05, 0) is 34.1 Å². The molecule has 1 heterocycles. The van der Waals surface area contributed by atoms with Crippen molar-refractivity contribution < 1.29 is 4.42 Å². The quantitative estimate of drug-likeness (QED) is 0.944. The molecule has 2 rings (SSSR count). The second kappa shape index (κ2) is 4.84. The van der Waals surface area contributed by atoms with Gasteiger partial charge in [0.05, 0.1) is 12.2 Å². The molecule has 0 aliphatic rings. The van der Waals surface area contributed by atoms with Gasteiger partial charge in [0.15, 0.2) is 0 Å². The van der Waals surface area contributed by atoms with Gasteiger partial charge < -0.3 is 9.73 Å². The summed E-state index contributed by atoms with van der Waals surface area (Å²) in [4.78, 5) is 0. The number of nitrogens with one attached hydrogen (secondary N) is 1. The van der Waals surface area contributed by atoms with E-state index < -0.39 is 0 Å². The minimum Gasteiger partial charge on any atom is -0.424 e. The molecule has 0 amide bonds. The van der Waals surface area contributed by atoms with Gasteiger partial charge >= 0.3 is 0 Å². The molecule has 0 bridgehead atoms. The van der Waals surface area contributed by atoms with E-state index >= 15 is 0 Å². The zero-order chi connectivity index (χ0) is 11.5. The van der Waals surface area contributed by atoms with E-state index in [-0.39, 0.29) is 0 Å². The van der Waals surface area contributed by atoms with Crippen LogP contribution < -0.4 is 5.32 Å². The molecule has 2 aromatic rings. The molecule has 0 saturated heterocycles. The van der Waals surface area contributed by atoms with Gasteiger partial charge in [-0.25, -0.2) is 0 Å². The van der Waals surface area contributed by atoms with Gasteiger partial charge in [-0.1, -0.05) is 11.6 Å². The third-order valence-corrected chi connectivity index (χ3v) is 2.85. The number of nitrogens with zero attached hydrogens (tertiary/aromatic N) is 2. The summed E-state index contributed by atoms with van der Waals surface area (Å²) in [5.41, 5.74) is 0.892. The van der Waals surface area contributed by atoms with Gasteiger partial charge in [0.2, 0.25) is 11.8 Å². The van der Waals surface area contributed by atoms with Crippen LogP contribution in [0.5, 0.6) is 0 Å². The van der Waals surface area contributed by atoms with Crippen molar-refractivity contribution in [1.82, 2.24) is 10.2 Å². The Morgan fingerprint density at radius 3 is 2.94 bits per heavy atom. The largest absolute Gasteiger partial charge is 0.424 e. The van der Waals surface area contributed by atoms with E-state index in [9.17, 15) is 0 Å². The Bertz CT molecular complexity index is 501. The van der Waals surface area contributed by atoms with E-state index in [4.69, 9.17) is 16.0 Å². The molecule has 6 heteroatoms. The van der Waals surface area contributed by atoms with Crippen LogP contribution in [0.15, 0.2) is 27.1 Å². The van der Waals surface area contributed by atoms with Crippen LogP contribution in [0.1, 0.15) is 11.8 Å². The zero-order valence-corrected chi connectivity index (χ0v) is 10.8. The lowest BCUT2D eigenvalue weighted by Gasteiger charge is -2.06. The maximum absolute atomic E-state index is 5.89. The minimum absolute atomic E-state index is 0.472. The summed E-state index contributed by atoms with van der Waals surface area (Å²) in [5.74, 6) is 1.10. The van der Waals surface area contributed by atoms with Crippen LogP contribution in [0.3, 0.4) is 0 Å². The van der Waals surface area contributed by atoms with Gasteiger partial charge in [-0.2, -0.15) is 0 Å². The highest BCUT2D eigenvalue weighted by molar-refractivity contribution is 9.10. The fraction of sp³-hybridized carbons (Fsp3) is 0.200. The first-order valence-electron chi connectivity index (χ1n) is 4.63. The summed E-state index contributed by atoms with van der Waals surface area (Å²) in [5, 5.41) is 11.5. The zero-order valence-electron chi connectivity index (χ0n) is 8.50. The maximum atomic E-state index is 5.89. The van der Waals surface area contributed by atoms with Gasteiger partial charge in [-0.3, -0.25) is 0 Å². The second-order valence-corrected chi connectivity index (χ2v) is 4.48. The molecule has 0 radical (unpaired) electrons. The van der Waals surface area contributed by atoms with Crippen LogP contribution in [0.25, 0.3) is 0 Å². The Labute approximate surface area is 106 Å². The van der Waals surface area contributed by atoms with Crippen molar-refractivity contribution in [2.24, 2.45) is 0 Å². The third-order valence-electron chi connectivity index (χ3n) is 1.93. The van der Waals surface area contributed by atoms with E-state index in [1.807, 2.05) is 18.2 Å². The van der Waals surface area contributed by atoms with Gasteiger partial charge in [0, 0.05) is 16.4 Å². The molecule has 0 aliphatic heterocycles. The first-order chi connectivity index (χ1) is 7.65. The Kier molecular flexibility index (Phi) is 3.46. The molecule has 0 atom stereocenters. The Hall–Kier alpha value is -1.07. The molecule has 84 valence electrons. The summed E-state index contributed by atoms with van der Waals surface area (Å²) >= 11 is 9.31. The smallest absolute Gasteiger partial charge is 0.235 e. The highest BCUT2D eigenvalue weighted by Gasteiger charge is 2.04. The van der Waals surface area contributed by atoms with E-state index in [1.165, 1.54) is 0 Å². The van der Waals surface area contributed by atoms with Crippen molar-refractivity contribution >= 4 is 33.2 Å². The first kappa shape index (κ1) is 11.4. The molecule has 16 heavy (non-hydrogen) atoms. The standard InChI is InChI=1S/C10H9BrClN3O/c1-6-14-15-10(16-6)5-13-9-4-7(12)2-3-8(9)11/h2-4,13H,5H2,1H3. The lowest BCUT2D eigenvalue weighted by Crippen LogP contribution is -2.00. The van der Waals surface area contributed by atoms with Crippen molar-refractivity contribution in [2.75, 3.05) is 5.32 Å². The summed E-state index contributed by atoms with van der Waals surface area (Å²) in [6, 6.07) is 5.52. The average molecular weight is 303 g/mol. The second-order valence-electron chi connectivity index (χ2n) is 3.19. The van der Waals surface area contributed by atoms with Crippen LogP contribution in [-0.4, -0.2) is 10.2 Å². The molecular formula is C10H9BrClN3O. The predicted octanol–water partition coefficient (Wildman–Crippen LogP) is 3.41. The van der Waals surface area contributed by atoms with Crippen molar-refractivity contribution in [3.8, 4) is 0 Å². The molecule has 0 saturated carbocycles. The summed E-state index contributed by atoms with van der Waals surface area (Å²) in [6.07, 6.45) is 0. The van der Waals surface area contributed by atoms with Gasteiger partial charge in [-0.15, -0.1) is 10.2 Å². The van der Waals surface area contributed by atoms with Gasteiger partial charge in [0.1, 0.15) is 0 Å². The number of hydrogen-bond acceptors (Lipinski definition) is 4. The Morgan fingerprint density at radius 1 is 1.44 bits per heavy atom. The SMILES string of the molecule is Cc1nnc(CNc2cc(Cl)ccc2Br)o1. The highest BCUT2D eigenvalue weighted by atomic mass is 79.9. The number of benzene rings is 1. The number of anilines is 1. The molecule has 1 aromatic heterocycles. The average Bonchev–Trinajstić information content (AvgIpc) is 2.66. The molecule has 1 aromatic carbocycles. The predicted molar refractivity (Wildman–Crippen MR) is 65.5 cm³/mol. The van der Waals surface area contributed by atoms with Crippen molar-refractivity contribution in [2.45, 2.75) is 13.5 Å². The number of hydrogen-bond donors (Lipinski definition) is 1. The number of aromatic nitrogens is 2. The lowest BCUT2D eigenvalue weighted by molar-refractivity contribution is 0.475. The van der Waals surface area contributed by atoms with Gasteiger partial charge in [0.25, 0.3) is 0 Å². The minimum atomic E-state index is 0.472. The Morgan fingerprint density at radius 2 is 2.25 bits per heavy atom. The molecule has 0 unspecified atom stereocenters. The van der Waals surface area contributed by atoms with E-state index in [1.54, 1.807) is 6.92 Å². The topological polar surface area (TPSA) is 51.0 Å². The van der Waals surface area contributed by atoms with Crippen LogP contribution >= 0.6 is 27.5 Å². The van der Waals surface area contributed by atoms with E-state index in [0.29, 0.717) is 23.3 Å². The normalized spacial score (nSPS) is 10.4. The van der Waals surface area contributed by atoms with Crippen molar-refractivity contribution in [3.63, 3.8) is 0 Å². The molecule has 0 fully saturated rings. The number of rotatable bonds is 3.